The molecular weight excluding hydrogens is 198 g/mol. The zero-order valence-electron chi connectivity index (χ0n) is 9.13. The largest absolute Gasteiger partial charge is 0.321 e. The summed E-state index contributed by atoms with van der Waals surface area (Å²) in [6.45, 7) is 4.18. The molecule has 0 atom stereocenters. The Bertz CT molecular complexity index is 283. The molecule has 0 unspecified atom stereocenters. The van der Waals surface area contributed by atoms with Crippen LogP contribution in [0.2, 0.25) is 5.15 Å². The first-order chi connectivity index (χ1) is 6.65. The summed E-state index contributed by atoms with van der Waals surface area (Å²) >= 11 is 5.90. The lowest BCUT2D eigenvalue weighted by atomic mass is 10.3. The minimum Gasteiger partial charge on any atom is -0.321 e. The van der Waals surface area contributed by atoms with E-state index >= 15 is 0 Å². The van der Waals surface area contributed by atoms with Gasteiger partial charge in [0, 0.05) is 7.05 Å². The topological polar surface area (TPSA) is 21.1 Å². The lowest BCUT2D eigenvalue weighted by Gasteiger charge is -2.15. The van der Waals surface area contributed by atoms with E-state index in [-0.39, 0.29) is 0 Å². The number of unbranched alkanes of at least 4 members (excludes halogenated alkanes) is 1. The van der Waals surface area contributed by atoms with Crippen molar-refractivity contribution >= 4 is 11.6 Å². The summed E-state index contributed by atoms with van der Waals surface area (Å²) in [5, 5.41) is 0.698. The van der Waals surface area contributed by atoms with Gasteiger partial charge in [0.1, 0.15) is 11.0 Å². The van der Waals surface area contributed by atoms with Crippen LogP contribution in [0.1, 0.15) is 25.6 Å². The van der Waals surface area contributed by atoms with Crippen molar-refractivity contribution in [3.63, 3.8) is 0 Å². The fourth-order valence-corrected chi connectivity index (χ4v) is 1.47. The Morgan fingerprint density at radius 2 is 2.29 bits per heavy atom. The van der Waals surface area contributed by atoms with Crippen LogP contribution in [0, 0.1) is 0 Å². The van der Waals surface area contributed by atoms with Crippen LogP contribution in [-0.4, -0.2) is 28.0 Å². The average Bonchev–Trinajstić information content (AvgIpc) is 2.46. The van der Waals surface area contributed by atoms with Gasteiger partial charge in [-0.25, -0.2) is 4.98 Å². The van der Waals surface area contributed by atoms with Crippen LogP contribution >= 0.6 is 11.6 Å². The molecule has 0 saturated carbocycles. The van der Waals surface area contributed by atoms with Gasteiger partial charge < -0.3 is 4.57 Å². The van der Waals surface area contributed by atoms with Crippen LogP contribution in [0.15, 0.2) is 6.20 Å². The molecule has 0 aromatic carbocycles. The Hall–Kier alpha value is -0.540. The molecule has 0 N–H and O–H groups in total. The van der Waals surface area contributed by atoms with Crippen molar-refractivity contribution in [2.45, 2.75) is 26.3 Å². The molecule has 0 radical (unpaired) electrons. The first-order valence-corrected chi connectivity index (χ1v) is 5.37. The number of hydrogen-bond donors (Lipinski definition) is 0. The summed E-state index contributed by atoms with van der Waals surface area (Å²) in [6.07, 6.45) is 4.16. The van der Waals surface area contributed by atoms with Gasteiger partial charge in [0.15, 0.2) is 0 Å². The number of rotatable bonds is 5. The maximum absolute atomic E-state index is 5.90. The molecule has 0 aliphatic rings. The molecule has 80 valence electrons. The highest BCUT2D eigenvalue weighted by Crippen LogP contribution is 2.10. The second-order valence-electron chi connectivity index (χ2n) is 3.65. The zero-order valence-corrected chi connectivity index (χ0v) is 9.88. The van der Waals surface area contributed by atoms with Crippen molar-refractivity contribution in [1.29, 1.82) is 0 Å². The van der Waals surface area contributed by atoms with E-state index in [2.05, 4.69) is 23.9 Å². The van der Waals surface area contributed by atoms with E-state index in [1.54, 1.807) is 6.20 Å². The van der Waals surface area contributed by atoms with Crippen molar-refractivity contribution in [2.75, 3.05) is 13.6 Å². The third-order valence-electron chi connectivity index (χ3n) is 2.33. The third kappa shape index (κ3) is 3.00. The standard InChI is InChI=1S/C10H18ClN3/c1-4-5-6-13(2)8-10-12-7-9(11)14(10)3/h7H,4-6,8H2,1-3H3. The molecule has 0 aliphatic heterocycles. The van der Waals surface area contributed by atoms with Crippen molar-refractivity contribution in [3.05, 3.63) is 17.2 Å². The Labute approximate surface area is 90.7 Å². The van der Waals surface area contributed by atoms with Crippen molar-refractivity contribution < 1.29 is 0 Å². The first kappa shape index (κ1) is 11.5. The molecule has 0 saturated heterocycles. The smallest absolute Gasteiger partial charge is 0.128 e. The molecule has 1 rings (SSSR count). The zero-order chi connectivity index (χ0) is 10.6. The van der Waals surface area contributed by atoms with Crippen molar-refractivity contribution in [1.82, 2.24) is 14.5 Å². The van der Waals surface area contributed by atoms with Gasteiger partial charge >= 0.3 is 0 Å². The number of imidazole rings is 1. The maximum Gasteiger partial charge on any atom is 0.128 e. The summed E-state index contributed by atoms with van der Waals surface area (Å²) < 4.78 is 1.92. The second kappa shape index (κ2) is 5.37. The summed E-state index contributed by atoms with van der Waals surface area (Å²) in [5.41, 5.74) is 0. The minimum absolute atomic E-state index is 0.698. The van der Waals surface area contributed by atoms with Crippen LogP contribution in [0.5, 0.6) is 0 Å². The van der Waals surface area contributed by atoms with E-state index in [4.69, 9.17) is 11.6 Å². The molecule has 3 nitrogen and oxygen atoms in total. The van der Waals surface area contributed by atoms with Crippen molar-refractivity contribution in [2.24, 2.45) is 7.05 Å². The predicted molar refractivity (Wildman–Crippen MR) is 59.5 cm³/mol. The Morgan fingerprint density at radius 1 is 1.57 bits per heavy atom. The summed E-state index contributed by atoms with van der Waals surface area (Å²) in [5.74, 6) is 1.02. The molecule has 1 aromatic heterocycles. The Balaban J connectivity index is 2.47. The van der Waals surface area contributed by atoms with Crippen LogP contribution < -0.4 is 0 Å². The van der Waals surface area contributed by atoms with E-state index in [9.17, 15) is 0 Å². The van der Waals surface area contributed by atoms with Gasteiger partial charge in [-0.2, -0.15) is 0 Å². The van der Waals surface area contributed by atoms with E-state index in [1.165, 1.54) is 12.8 Å². The van der Waals surface area contributed by atoms with Gasteiger partial charge in [-0.1, -0.05) is 24.9 Å². The fourth-order valence-electron chi connectivity index (χ4n) is 1.32. The summed E-state index contributed by atoms with van der Waals surface area (Å²) in [6, 6.07) is 0. The quantitative estimate of drug-likeness (QED) is 0.752. The third-order valence-corrected chi connectivity index (χ3v) is 2.68. The number of aromatic nitrogens is 2. The molecule has 0 fully saturated rings. The monoisotopic (exact) mass is 215 g/mol. The Morgan fingerprint density at radius 3 is 2.79 bits per heavy atom. The second-order valence-corrected chi connectivity index (χ2v) is 4.03. The SMILES string of the molecule is CCCCN(C)Cc1ncc(Cl)n1C. The number of halogens is 1. The summed E-state index contributed by atoms with van der Waals surface area (Å²) in [7, 11) is 4.05. The highest BCUT2D eigenvalue weighted by molar-refractivity contribution is 6.29. The molecule has 0 bridgehead atoms. The molecule has 0 aliphatic carbocycles. The molecular formula is C10H18ClN3. The molecule has 14 heavy (non-hydrogen) atoms. The molecule has 0 amide bonds. The predicted octanol–water partition coefficient (Wildman–Crippen LogP) is 2.31. The van der Waals surface area contributed by atoms with Gasteiger partial charge in [-0.05, 0) is 20.0 Å². The van der Waals surface area contributed by atoms with E-state index < -0.39 is 0 Å². The highest BCUT2D eigenvalue weighted by atomic mass is 35.5. The molecule has 4 heteroatoms. The fraction of sp³-hybridized carbons (Fsp3) is 0.700. The minimum atomic E-state index is 0.698. The Kier molecular flexibility index (Phi) is 4.42. The van der Waals surface area contributed by atoms with Crippen LogP contribution in [0.25, 0.3) is 0 Å². The average molecular weight is 216 g/mol. The normalized spacial score (nSPS) is 11.2. The lowest BCUT2D eigenvalue weighted by Crippen LogP contribution is -2.21. The summed E-state index contributed by atoms with van der Waals surface area (Å²) in [4.78, 5) is 6.52. The van der Waals surface area contributed by atoms with E-state index in [0.717, 1.165) is 18.9 Å². The van der Waals surface area contributed by atoms with Crippen LogP contribution in [0.3, 0.4) is 0 Å². The first-order valence-electron chi connectivity index (χ1n) is 4.99. The molecule has 1 heterocycles. The molecule has 1 aromatic rings. The van der Waals surface area contributed by atoms with E-state index in [0.29, 0.717) is 5.15 Å². The van der Waals surface area contributed by atoms with E-state index in [1.807, 2.05) is 11.6 Å². The van der Waals surface area contributed by atoms with Gasteiger partial charge in [-0.15, -0.1) is 0 Å². The highest BCUT2D eigenvalue weighted by Gasteiger charge is 2.06. The van der Waals surface area contributed by atoms with Crippen LogP contribution in [0.4, 0.5) is 0 Å². The van der Waals surface area contributed by atoms with Gasteiger partial charge in [0.25, 0.3) is 0 Å². The number of hydrogen-bond acceptors (Lipinski definition) is 2. The van der Waals surface area contributed by atoms with Gasteiger partial charge in [-0.3, -0.25) is 4.90 Å². The van der Waals surface area contributed by atoms with Gasteiger partial charge in [0.2, 0.25) is 0 Å². The molecule has 0 spiro atoms. The number of nitrogens with zero attached hydrogens (tertiary/aromatic N) is 3. The van der Waals surface area contributed by atoms with Gasteiger partial charge in [0.05, 0.1) is 12.7 Å². The van der Waals surface area contributed by atoms with Crippen molar-refractivity contribution in [3.8, 4) is 0 Å². The lowest BCUT2D eigenvalue weighted by molar-refractivity contribution is 0.309. The van der Waals surface area contributed by atoms with Crippen LogP contribution in [-0.2, 0) is 13.6 Å². The maximum atomic E-state index is 5.90.